The number of benzene rings is 9. The summed E-state index contributed by atoms with van der Waals surface area (Å²) in [6.07, 6.45) is 0. The molecule has 51 heavy (non-hydrogen) atoms. The minimum absolute atomic E-state index is 0.628. The summed E-state index contributed by atoms with van der Waals surface area (Å²) >= 11 is 0. The molecule has 2 nitrogen and oxygen atoms in total. The maximum atomic E-state index is 9.82. The third-order valence-electron chi connectivity index (χ3n) is 11.3. The van der Waals surface area contributed by atoms with Gasteiger partial charge in [-0.05, 0) is 117 Å². The number of nitriles is 1. The van der Waals surface area contributed by atoms with Crippen LogP contribution in [0.25, 0.3) is 120 Å². The van der Waals surface area contributed by atoms with Crippen LogP contribution in [0.1, 0.15) is 5.56 Å². The minimum Gasteiger partial charge on any atom is -0.455 e. The lowest BCUT2D eigenvalue weighted by atomic mass is 9.84. The molecule has 12 aromatic rings. The lowest BCUT2D eigenvalue weighted by Crippen LogP contribution is -1.91. The molecule has 0 aliphatic carbocycles. The van der Waals surface area contributed by atoms with Crippen LogP contribution in [-0.2, 0) is 0 Å². The van der Waals surface area contributed by atoms with Gasteiger partial charge in [0.1, 0.15) is 11.2 Å². The SMILES string of the molecule is N#Cc1ccc2oc3c(cc4c5c(-c6ccccc6)c6cc7c8ccccc8c8cccc(c6c(-c6ccccc6)c5c5cccc3c45)c87)c2c1. The molecule has 12 rings (SSSR count). The molecule has 0 amide bonds. The summed E-state index contributed by atoms with van der Waals surface area (Å²) < 4.78 is 6.63. The van der Waals surface area contributed by atoms with Crippen LogP contribution in [0.2, 0.25) is 0 Å². The highest BCUT2D eigenvalue weighted by Crippen LogP contribution is 2.55. The predicted molar refractivity (Wildman–Crippen MR) is 214 cm³/mol. The Hall–Kier alpha value is -6.95. The Morgan fingerprint density at radius 3 is 1.67 bits per heavy atom. The third-order valence-corrected chi connectivity index (χ3v) is 11.3. The highest BCUT2D eigenvalue weighted by atomic mass is 16.3. The van der Waals surface area contributed by atoms with Crippen molar-refractivity contribution in [3.05, 3.63) is 157 Å². The van der Waals surface area contributed by atoms with Crippen LogP contribution in [0.15, 0.2) is 156 Å². The summed E-state index contributed by atoms with van der Waals surface area (Å²) in [4.78, 5) is 0. The Bertz CT molecular complexity index is 3460. The number of furan rings is 1. The summed E-state index contributed by atoms with van der Waals surface area (Å²) in [5, 5.41) is 29.4. The first-order valence-corrected chi connectivity index (χ1v) is 17.4. The van der Waals surface area contributed by atoms with Crippen LogP contribution in [-0.4, -0.2) is 0 Å². The van der Waals surface area contributed by atoms with E-state index >= 15 is 0 Å². The van der Waals surface area contributed by atoms with Crippen LogP contribution >= 0.6 is 0 Å². The molecule has 0 unspecified atom stereocenters. The first-order chi connectivity index (χ1) is 25.3. The van der Waals surface area contributed by atoms with Crippen molar-refractivity contribution in [2.24, 2.45) is 0 Å². The molecule has 1 heterocycles. The number of fused-ring (bicyclic) bond motifs is 12. The van der Waals surface area contributed by atoms with Crippen molar-refractivity contribution in [2.45, 2.75) is 0 Å². The molecule has 0 bridgehead atoms. The van der Waals surface area contributed by atoms with E-state index in [0.29, 0.717) is 5.56 Å². The Morgan fingerprint density at radius 2 is 0.922 bits per heavy atom. The van der Waals surface area contributed by atoms with Gasteiger partial charge in [-0.2, -0.15) is 5.26 Å². The molecule has 0 radical (unpaired) electrons. The summed E-state index contributed by atoms with van der Waals surface area (Å²) in [6.45, 7) is 0. The van der Waals surface area contributed by atoms with Crippen molar-refractivity contribution < 1.29 is 4.42 Å². The van der Waals surface area contributed by atoms with Crippen LogP contribution < -0.4 is 0 Å². The maximum Gasteiger partial charge on any atom is 0.143 e. The lowest BCUT2D eigenvalue weighted by molar-refractivity contribution is 0.672. The molecule has 0 spiro atoms. The van der Waals surface area contributed by atoms with Crippen LogP contribution in [0.3, 0.4) is 0 Å². The van der Waals surface area contributed by atoms with Crippen molar-refractivity contribution in [1.29, 1.82) is 5.26 Å². The zero-order valence-corrected chi connectivity index (χ0v) is 27.3. The molecule has 0 N–H and O–H groups in total. The van der Waals surface area contributed by atoms with Crippen LogP contribution in [0.4, 0.5) is 0 Å². The topological polar surface area (TPSA) is 36.9 Å². The van der Waals surface area contributed by atoms with Gasteiger partial charge in [0.05, 0.1) is 11.6 Å². The molecule has 232 valence electrons. The molecular weight excluding hydrogens is 619 g/mol. The number of rotatable bonds is 2. The highest BCUT2D eigenvalue weighted by Gasteiger charge is 2.27. The average molecular weight is 644 g/mol. The van der Waals surface area contributed by atoms with E-state index in [0.717, 1.165) is 27.3 Å². The number of nitrogens with zero attached hydrogens (tertiary/aromatic N) is 1. The van der Waals surface area contributed by atoms with E-state index in [9.17, 15) is 5.26 Å². The normalized spacial score (nSPS) is 12.3. The van der Waals surface area contributed by atoms with Gasteiger partial charge < -0.3 is 4.42 Å². The van der Waals surface area contributed by atoms with Crippen molar-refractivity contribution >= 4 is 97.3 Å². The average Bonchev–Trinajstić information content (AvgIpc) is 3.84. The van der Waals surface area contributed by atoms with Crippen LogP contribution in [0.5, 0.6) is 0 Å². The molecule has 2 heteroatoms. The number of hydrogen-bond acceptors (Lipinski definition) is 2. The summed E-state index contributed by atoms with van der Waals surface area (Å²) in [6, 6.07) is 57.1. The fourth-order valence-electron chi connectivity index (χ4n) is 9.37. The Kier molecular flexibility index (Phi) is 5.07. The van der Waals surface area contributed by atoms with Gasteiger partial charge in [0.2, 0.25) is 0 Å². The lowest BCUT2D eigenvalue weighted by Gasteiger charge is -2.19. The smallest absolute Gasteiger partial charge is 0.143 e. The summed E-state index contributed by atoms with van der Waals surface area (Å²) in [5.74, 6) is 0. The van der Waals surface area contributed by atoms with Gasteiger partial charge in [-0.1, -0.05) is 121 Å². The van der Waals surface area contributed by atoms with Gasteiger partial charge in [0.25, 0.3) is 0 Å². The molecule has 0 fully saturated rings. The van der Waals surface area contributed by atoms with E-state index in [1.807, 2.05) is 18.2 Å². The van der Waals surface area contributed by atoms with Gasteiger partial charge in [0, 0.05) is 21.5 Å². The predicted octanol–water partition coefficient (Wildman–Crippen LogP) is 13.7. The van der Waals surface area contributed by atoms with E-state index in [4.69, 9.17) is 4.42 Å². The van der Waals surface area contributed by atoms with E-state index in [1.54, 1.807) is 0 Å². The van der Waals surface area contributed by atoms with Crippen molar-refractivity contribution in [2.75, 3.05) is 0 Å². The molecule has 0 saturated carbocycles. The van der Waals surface area contributed by atoms with Crippen molar-refractivity contribution in [3.8, 4) is 28.3 Å². The zero-order chi connectivity index (χ0) is 33.4. The Morgan fingerprint density at radius 1 is 0.353 bits per heavy atom. The van der Waals surface area contributed by atoms with Gasteiger partial charge in [0.15, 0.2) is 0 Å². The molecule has 0 saturated heterocycles. The van der Waals surface area contributed by atoms with E-state index in [1.165, 1.54) is 92.3 Å². The number of hydrogen-bond donors (Lipinski definition) is 0. The quantitative estimate of drug-likeness (QED) is 0.176. The minimum atomic E-state index is 0.628. The molecular formula is C49H25NO. The van der Waals surface area contributed by atoms with Gasteiger partial charge >= 0.3 is 0 Å². The standard InChI is InChI=1S/C49H25NO/c50-26-27-21-22-41-36(23-27)38-25-40-45-34(19-10-20-35(45)49(38)51-41)47-43(29-13-5-2-6-14-29)46-33-18-9-17-32-30-15-7-8-16-31(30)37(44(32)33)24-39(46)42(48(40)47)28-11-3-1-4-12-28/h1-25H. The molecule has 0 aliphatic rings. The first-order valence-electron chi connectivity index (χ1n) is 17.4. The van der Waals surface area contributed by atoms with Gasteiger partial charge in [-0.3, -0.25) is 0 Å². The molecule has 0 aliphatic heterocycles. The monoisotopic (exact) mass is 643 g/mol. The van der Waals surface area contributed by atoms with E-state index in [-0.39, 0.29) is 0 Å². The van der Waals surface area contributed by atoms with Crippen molar-refractivity contribution in [1.82, 2.24) is 0 Å². The zero-order valence-electron chi connectivity index (χ0n) is 27.3. The second-order valence-corrected chi connectivity index (χ2v) is 13.8. The fraction of sp³-hybridized carbons (Fsp3) is 0. The molecule has 11 aromatic carbocycles. The largest absolute Gasteiger partial charge is 0.455 e. The third kappa shape index (κ3) is 3.35. The van der Waals surface area contributed by atoms with Gasteiger partial charge in [-0.25, -0.2) is 0 Å². The van der Waals surface area contributed by atoms with E-state index in [2.05, 4.69) is 140 Å². The molecule has 0 atom stereocenters. The van der Waals surface area contributed by atoms with Gasteiger partial charge in [-0.15, -0.1) is 0 Å². The highest BCUT2D eigenvalue weighted by molar-refractivity contribution is 6.46. The first kappa shape index (κ1) is 26.9. The van der Waals surface area contributed by atoms with E-state index < -0.39 is 0 Å². The van der Waals surface area contributed by atoms with Crippen LogP contribution in [0, 0.1) is 11.3 Å². The second-order valence-electron chi connectivity index (χ2n) is 13.8. The Balaban J connectivity index is 1.44. The second kappa shape index (κ2) is 9.60. The summed E-state index contributed by atoms with van der Waals surface area (Å²) in [7, 11) is 0. The summed E-state index contributed by atoms with van der Waals surface area (Å²) in [5.41, 5.74) is 7.19. The Labute approximate surface area is 291 Å². The van der Waals surface area contributed by atoms with Crippen molar-refractivity contribution in [3.63, 3.8) is 0 Å². The molecule has 1 aromatic heterocycles. The fourth-order valence-corrected chi connectivity index (χ4v) is 9.37. The maximum absolute atomic E-state index is 9.82.